The Hall–Kier alpha value is -1.62. The standard InChI is InChI=1S/C12H15FN2O2/c1-8(16)14-9-2-3-11(13)12(6-9)15-10-4-5-17-7-10/h2-3,6,10,15H,4-5,7H2,1H3,(H,14,16). The van der Waals surface area contributed by atoms with Gasteiger partial charge in [0, 0.05) is 19.2 Å². The van der Waals surface area contributed by atoms with E-state index < -0.39 is 0 Å². The molecular formula is C12H15FN2O2. The molecular weight excluding hydrogens is 223 g/mol. The number of ether oxygens (including phenoxy) is 1. The van der Waals surface area contributed by atoms with E-state index in [0.717, 1.165) is 6.42 Å². The van der Waals surface area contributed by atoms with Crippen molar-refractivity contribution in [1.82, 2.24) is 0 Å². The Kier molecular flexibility index (Phi) is 3.58. The Morgan fingerprint density at radius 3 is 3.00 bits per heavy atom. The Bertz CT molecular complexity index is 417. The van der Waals surface area contributed by atoms with Crippen LogP contribution in [0.3, 0.4) is 0 Å². The number of hydrogen-bond acceptors (Lipinski definition) is 3. The van der Waals surface area contributed by atoms with E-state index >= 15 is 0 Å². The molecule has 1 atom stereocenters. The van der Waals surface area contributed by atoms with Crippen LogP contribution in [0.4, 0.5) is 15.8 Å². The maximum atomic E-state index is 13.5. The molecule has 92 valence electrons. The van der Waals surface area contributed by atoms with Gasteiger partial charge in [-0.25, -0.2) is 4.39 Å². The monoisotopic (exact) mass is 238 g/mol. The zero-order chi connectivity index (χ0) is 12.3. The molecule has 1 aliphatic rings. The molecule has 0 radical (unpaired) electrons. The Morgan fingerprint density at radius 1 is 1.53 bits per heavy atom. The van der Waals surface area contributed by atoms with Gasteiger partial charge in [-0.1, -0.05) is 0 Å². The van der Waals surface area contributed by atoms with Gasteiger partial charge in [0.2, 0.25) is 5.91 Å². The molecule has 1 aliphatic heterocycles. The van der Waals surface area contributed by atoms with Gasteiger partial charge in [0.1, 0.15) is 5.82 Å². The highest BCUT2D eigenvalue weighted by atomic mass is 19.1. The van der Waals surface area contributed by atoms with E-state index in [1.54, 1.807) is 6.07 Å². The zero-order valence-corrected chi connectivity index (χ0v) is 9.63. The van der Waals surface area contributed by atoms with Gasteiger partial charge >= 0.3 is 0 Å². The van der Waals surface area contributed by atoms with Crippen molar-refractivity contribution in [2.24, 2.45) is 0 Å². The van der Waals surface area contributed by atoms with Crippen molar-refractivity contribution in [3.63, 3.8) is 0 Å². The van der Waals surface area contributed by atoms with Crippen molar-refractivity contribution in [3.8, 4) is 0 Å². The summed E-state index contributed by atoms with van der Waals surface area (Å²) in [6.07, 6.45) is 0.865. The summed E-state index contributed by atoms with van der Waals surface area (Å²) < 4.78 is 18.8. The van der Waals surface area contributed by atoms with Crippen LogP contribution in [0.25, 0.3) is 0 Å². The fraction of sp³-hybridized carbons (Fsp3) is 0.417. The quantitative estimate of drug-likeness (QED) is 0.846. The van der Waals surface area contributed by atoms with Crippen LogP contribution in [0.1, 0.15) is 13.3 Å². The van der Waals surface area contributed by atoms with Crippen molar-refractivity contribution in [3.05, 3.63) is 24.0 Å². The lowest BCUT2D eigenvalue weighted by Gasteiger charge is -2.14. The second kappa shape index (κ2) is 5.14. The van der Waals surface area contributed by atoms with Crippen LogP contribution in [0.15, 0.2) is 18.2 Å². The van der Waals surface area contributed by atoms with Crippen LogP contribution >= 0.6 is 0 Å². The average molecular weight is 238 g/mol. The third-order valence-corrected chi connectivity index (χ3v) is 2.58. The van der Waals surface area contributed by atoms with Crippen LogP contribution in [-0.4, -0.2) is 25.2 Å². The van der Waals surface area contributed by atoms with Gasteiger partial charge < -0.3 is 15.4 Å². The number of halogens is 1. The van der Waals surface area contributed by atoms with E-state index in [1.165, 1.54) is 19.1 Å². The number of benzene rings is 1. The Labute approximate surface area is 99.2 Å². The predicted molar refractivity (Wildman–Crippen MR) is 63.6 cm³/mol. The van der Waals surface area contributed by atoms with Gasteiger partial charge in [0.25, 0.3) is 0 Å². The van der Waals surface area contributed by atoms with E-state index in [1.807, 2.05) is 0 Å². The number of hydrogen-bond donors (Lipinski definition) is 2. The fourth-order valence-corrected chi connectivity index (χ4v) is 1.79. The summed E-state index contributed by atoms with van der Waals surface area (Å²) in [5, 5.41) is 5.69. The molecule has 17 heavy (non-hydrogen) atoms. The van der Waals surface area contributed by atoms with Gasteiger partial charge in [-0.3, -0.25) is 4.79 Å². The molecule has 0 spiro atoms. The molecule has 1 amide bonds. The lowest BCUT2D eigenvalue weighted by molar-refractivity contribution is -0.114. The first kappa shape index (κ1) is 11.9. The largest absolute Gasteiger partial charge is 0.379 e. The molecule has 1 fully saturated rings. The number of carbonyl (C=O) groups is 1. The van der Waals surface area contributed by atoms with Gasteiger partial charge in [0.05, 0.1) is 18.3 Å². The van der Waals surface area contributed by atoms with Crippen LogP contribution in [0, 0.1) is 5.82 Å². The minimum absolute atomic E-state index is 0.136. The van der Waals surface area contributed by atoms with Gasteiger partial charge in [-0.2, -0.15) is 0 Å². The van der Waals surface area contributed by atoms with Crippen molar-refractivity contribution < 1.29 is 13.9 Å². The Morgan fingerprint density at radius 2 is 2.35 bits per heavy atom. The summed E-state index contributed by atoms with van der Waals surface area (Å²) in [5.41, 5.74) is 0.979. The van der Waals surface area contributed by atoms with Crippen molar-refractivity contribution >= 4 is 17.3 Å². The molecule has 1 saturated heterocycles. The first-order chi connectivity index (χ1) is 8.15. The van der Waals surface area contributed by atoms with Crippen LogP contribution in [0.5, 0.6) is 0 Å². The second-order valence-electron chi connectivity index (χ2n) is 4.08. The topological polar surface area (TPSA) is 50.4 Å². The normalized spacial score (nSPS) is 19.1. The maximum absolute atomic E-state index is 13.5. The predicted octanol–water partition coefficient (Wildman–Crippen LogP) is 1.98. The third kappa shape index (κ3) is 3.17. The molecule has 4 nitrogen and oxygen atoms in total. The van der Waals surface area contributed by atoms with Crippen molar-refractivity contribution in [2.45, 2.75) is 19.4 Å². The minimum Gasteiger partial charge on any atom is -0.379 e. The highest BCUT2D eigenvalue weighted by Crippen LogP contribution is 2.22. The number of nitrogens with one attached hydrogen (secondary N) is 2. The summed E-state index contributed by atoms with van der Waals surface area (Å²) in [5.74, 6) is -0.502. The molecule has 0 aliphatic carbocycles. The van der Waals surface area contributed by atoms with E-state index in [-0.39, 0.29) is 17.8 Å². The summed E-state index contributed by atoms with van der Waals surface area (Å²) in [6, 6.07) is 4.60. The lowest BCUT2D eigenvalue weighted by atomic mass is 10.2. The van der Waals surface area contributed by atoms with Crippen LogP contribution in [0.2, 0.25) is 0 Å². The number of rotatable bonds is 3. The van der Waals surface area contributed by atoms with Gasteiger partial charge in [-0.15, -0.1) is 0 Å². The summed E-state index contributed by atoms with van der Waals surface area (Å²) in [4.78, 5) is 10.9. The van der Waals surface area contributed by atoms with Gasteiger partial charge in [-0.05, 0) is 24.6 Å². The zero-order valence-electron chi connectivity index (χ0n) is 9.63. The summed E-state index contributed by atoms with van der Waals surface area (Å²) in [6.45, 7) is 2.70. The third-order valence-electron chi connectivity index (χ3n) is 2.58. The van der Waals surface area contributed by atoms with Gasteiger partial charge in [0.15, 0.2) is 0 Å². The SMILES string of the molecule is CC(=O)Nc1ccc(F)c(NC2CCOC2)c1. The maximum Gasteiger partial charge on any atom is 0.221 e. The molecule has 1 heterocycles. The Balaban J connectivity index is 2.10. The molecule has 0 aromatic heterocycles. The highest BCUT2D eigenvalue weighted by Gasteiger charge is 2.16. The number of anilines is 2. The minimum atomic E-state index is -0.328. The molecule has 1 aromatic rings. The molecule has 5 heteroatoms. The smallest absolute Gasteiger partial charge is 0.221 e. The lowest BCUT2D eigenvalue weighted by Crippen LogP contribution is -2.20. The number of carbonyl (C=O) groups excluding carboxylic acids is 1. The van der Waals surface area contributed by atoms with Crippen molar-refractivity contribution in [1.29, 1.82) is 0 Å². The molecule has 1 aromatic carbocycles. The first-order valence-corrected chi connectivity index (χ1v) is 5.56. The van der Waals surface area contributed by atoms with E-state index in [4.69, 9.17) is 4.74 Å². The van der Waals surface area contributed by atoms with Crippen LogP contribution in [-0.2, 0) is 9.53 Å². The average Bonchev–Trinajstić information content (AvgIpc) is 2.75. The first-order valence-electron chi connectivity index (χ1n) is 5.56. The highest BCUT2D eigenvalue weighted by molar-refractivity contribution is 5.89. The molecule has 1 unspecified atom stereocenters. The summed E-state index contributed by atoms with van der Waals surface area (Å²) in [7, 11) is 0. The fourth-order valence-electron chi connectivity index (χ4n) is 1.79. The van der Waals surface area contributed by atoms with E-state index in [9.17, 15) is 9.18 Å². The molecule has 0 bridgehead atoms. The van der Waals surface area contributed by atoms with Crippen molar-refractivity contribution in [2.75, 3.05) is 23.8 Å². The summed E-state index contributed by atoms with van der Waals surface area (Å²) >= 11 is 0. The molecule has 0 saturated carbocycles. The molecule has 2 rings (SSSR count). The number of amides is 1. The molecule has 2 N–H and O–H groups in total. The van der Waals surface area contributed by atoms with E-state index in [2.05, 4.69) is 10.6 Å². The second-order valence-corrected chi connectivity index (χ2v) is 4.08. The van der Waals surface area contributed by atoms with Crippen LogP contribution < -0.4 is 10.6 Å². The van der Waals surface area contributed by atoms with E-state index in [0.29, 0.717) is 24.6 Å².